The van der Waals surface area contributed by atoms with Gasteiger partial charge >= 0.3 is 0 Å². The minimum atomic E-state index is -3.63. The number of ether oxygens (including phenoxy) is 1. The number of hydrogen-bond donors (Lipinski definition) is 1. The minimum Gasteiger partial charge on any atom is -0.507 e. The average molecular weight is 625 g/mol. The SMILES string of the molecule is CC(C)(Sc1cc(C(C)(C)C)c(O)c(C(C)(C)C)c1)Sc1cc(C(C)(C)C)c(OCOS(C)(=O)=O)c(C(C)(C)C)c1. The van der Waals surface area contributed by atoms with Crippen LogP contribution in [0.3, 0.4) is 0 Å². The average Bonchev–Trinajstić information content (AvgIpc) is 2.71. The molecule has 0 spiro atoms. The Labute approximate surface area is 258 Å². The van der Waals surface area contributed by atoms with Crippen LogP contribution in [0.4, 0.5) is 0 Å². The lowest BCUT2D eigenvalue weighted by molar-refractivity contribution is 0.122. The topological polar surface area (TPSA) is 72.8 Å². The summed E-state index contributed by atoms with van der Waals surface area (Å²) in [4.78, 5) is 2.24. The number of hydrogen-bond acceptors (Lipinski definition) is 7. The summed E-state index contributed by atoms with van der Waals surface area (Å²) in [7, 11) is -3.63. The molecule has 5 nitrogen and oxygen atoms in total. The van der Waals surface area contributed by atoms with Gasteiger partial charge in [-0.2, -0.15) is 8.42 Å². The molecule has 0 unspecified atom stereocenters. The highest BCUT2D eigenvalue weighted by molar-refractivity contribution is 8.18. The van der Waals surface area contributed by atoms with Crippen LogP contribution in [0.25, 0.3) is 0 Å². The van der Waals surface area contributed by atoms with Gasteiger partial charge in [0, 0.05) is 32.0 Å². The van der Waals surface area contributed by atoms with Crippen molar-refractivity contribution in [2.45, 2.75) is 132 Å². The van der Waals surface area contributed by atoms with Crippen molar-refractivity contribution in [1.29, 1.82) is 0 Å². The molecular weight excluding hydrogens is 573 g/mol. The molecule has 8 heteroatoms. The van der Waals surface area contributed by atoms with E-state index >= 15 is 0 Å². The predicted molar refractivity (Wildman–Crippen MR) is 177 cm³/mol. The molecule has 0 amide bonds. The molecule has 0 heterocycles. The Bertz CT molecular complexity index is 1280. The van der Waals surface area contributed by atoms with Crippen LogP contribution in [0.2, 0.25) is 0 Å². The zero-order valence-electron chi connectivity index (χ0n) is 27.8. The quantitative estimate of drug-likeness (QED) is 0.178. The molecule has 0 bridgehead atoms. The second-order valence-corrected chi connectivity index (χ2v) is 20.7. The third-order valence-electron chi connectivity index (χ3n) is 6.57. The molecule has 232 valence electrons. The van der Waals surface area contributed by atoms with Crippen LogP contribution in [0.15, 0.2) is 34.1 Å². The smallest absolute Gasteiger partial charge is 0.267 e. The molecule has 0 fully saturated rings. The van der Waals surface area contributed by atoms with Crippen LogP contribution in [0, 0.1) is 0 Å². The van der Waals surface area contributed by atoms with Crippen molar-refractivity contribution in [3.8, 4) is 11.5 Å². The van der Waals surface area contributed by atoms with Crippen molar-refractivity contribution in [3.05, 3.63) is 46.5 Å². The van der Waals surface area contributed by atoms with E-state index < -0.39 is 10.1 Å². The maximum atomic E-state index is 11.6. The maximum absolute atomic E-state index is 11.6. The first-order valence-electron chi connectivity index (χ1n) is 14.0. The van der Waals surface area contributed by atoms with E-state index in [2.05, 4.69) is 121 Å². The van der Waals surface area contributed by atoms with Gasteiger partial charge in [-0.1, -0.05) is 83.1 Å². The maximum Gasteiger partial charge on any atom is 0.267 e. The monoisotopic (exact) mass is 624 g/mol. The number of thioether (sulfide) groups is 2. The molecule has 2 aromatic rings. The summed E-state index contributed by atoms with van der Waals surface area (Å²) in [6.45, 7) is 29.7. The van der Waals surface area contributed by atoms with Crippen LogP contribution in [0.1, 0.15) is 119 Å². The van der Waals surface area contributed by atoms with Gasteiger partial charge in [-0.05, 0) is 59.8 Å². The van der Waals surface area contributed by atoms with Gasteiger partial charge in [-0.25, -0.2) is 4.18 Å². The highest BCUT2D eigenvalue weighted by Crippen LogP contribution is 2.51. The van der Waals surface area contributed by atoms with Gasteiger partial charge in [0.1, 0.15) is 11.5 Å². The summed E-state index contributed by atoms with van der Waals surface area (Å²) in [6, 6.07) is 8.60. The van der Waals surface area contributed by atoms with Crippen molar-refractivity contribution >= 4 is 33.6 Å². The summed E-state index contributed by atoms with van der Waals surface area (Å²) in [5.41, 5.74) is 3.01. The highest BCUT2D eigenvalue weighted by Gasteiger charge is 2.32. The lowest BCUT2D eigenvalue weighted by Crippen LogP contribution is -2.22. The first kappa shape index (κ1) is 35.8. The molecule has 41 heavy (non-hydrogen) atoms. The normalized spacial score (nSPS) is 13.9. The number of phenols is 1. The van der Waals surface area contributed by atoms with E-state index in [1.54, 1.807) is 23.5 Å². The molecular formula is C33H52O5S3. The van der Waals surface area contributed by atoms with Crippen molar-refractivity contribution in [1.82, 2.24) is 0 Å². The van der Waals surface area contributed by atoms with Crippen LogP contribution >= 0.6 is 23.5 Å². The Kier molecular flexibility index (Phi) is 10.5. The van der Waals surface area contributed by atoms with Gasteiger partial charge in [0.2, 0.25) is 6.79 Å². The van der Waals surface area contributed by atoms with Crippen molar-refractivity contribution in [2.24, 2.45) is 0 Å². The fourth-order valence-corrected chi connectivity index (χ4v) is 7.31. The summed E-state index contributed by atoms with van der Waals surface area (Å²) in [6.07, 6.45) is 1.02. The van der Waals surface area contributed by atoms with E-state index in [-0.39, 0.29) is 32.5 Å². The summed E-state index contributed by atoms with van der Waals surface area (Å²) >= 11 is 3.58. The number of aromatic hydroxyl groups is 1. The fourth-order valence-electron chi connectivity index (χ4n) is 4.50. The van der Waals surface area contributed by atoms with Crippen LogP contribution in [0.5, 0.6) is 11.5 Å². The van der Waals surface area contributed by atoms with Gasteiger partial charge in [0.15, 0.2) is 0 Å². The lowest BCUT2D eigenvalue weighted by atomic mass is 9.79. The first-order valence-corrected chi connectivity index (χ1v) is 17.5. The van der Waals surface area contributed by atoms with Crippen LogP contribution in [-0.4, -0.2) is 30.7 Å². The van der Waals surface area contributed by atoms with Gasteiger partial charge in [0.25, 0.3) is 10.1 Å². The zero-order valence-corrected chi connectivity index (χ0v) is 30.3. The van der Waals surface area contributed by atoms with Gasteiger partial charge in [0.05, 0.1) is 10.3 Å². The van der Waals surface area contributed by atoms with Crippen molar-refractivity contribution in [3.63, 3.8) is 0 Å². The van der Waals surface area contributed by atoms with Crippen LogP contribution in [-0.2, 0) is 36.0 Å². The second kappa shape index (κ2) is 12.0. The third-order valence-corrected chi connectivity index (χ3v) is 9.52. The fraction of sp³-hybridized carbons (Fsp3) is 0.636. The zero-order chi connectivity index (χ0) is 32.0. The van der Waals surface area contributed by atoms with Crippen molar-refractivity contribution in [2.75, 3.05) is 13.0 Å². The Hall–Kier alpha value is -1.35. The number of benzene rings is 2. The molecule has 1 N–H and O–H groups in total. The van der Waals surface area contributed by atoms with Crippen LogP contribution < -0.4 is 4.74 Å². The number of phenolic OH excluding ortho intramolecular Hbond substituents is 1. The Morgan fingerprint density at radius 2 is 0.951 bits per heavy atom. The predicted octanol–water partition coefficient (Wildman–Crippen LogP) is 9.52. The molecule has 0 saturated carbocycles. The van der Waals surface area contributed by atoms with E-state index in [9.17, 15) is 13.5 Å². The third kappa shape index (κ3) is 10.1. The largest absolute Gasteiger partial charge is 0.507 e. The molecule has 0 aliphatic rings. The van der Waals surface area contributed by atoms with Gasteiger partial charge in [-0.3, -0.25) is 0 Å². The Morgan fingerprint density at radius 1 is 0.634 bits per heavy atom. The molecule has 2 rings (SSSR count). The van der Waals surface area contributed by atoms with Crippen molar-refractivity contribution < 1.29 is 22.4 Å². The molecule has 0 aliphatic heterocycles. The molecule has 0 radical (unpaired) electrons. The van der Waals surface area contributed by atoms with E-state index in [0.717, 1.165) is 38.3 Å². The number of rotatable bonds is 8. The molecule has 0 atom stereocenters. The van der Waals surface area contributed by atoms with Gasteiger partial charge in [-0.15, -0.1) is 23.5 Å². The Balaban J connectivity index is 2.60. The summed E-state index contributed by atoms with van der Waals surface area (Å²) in [5, 5.41) is 11.2. The summed E-state index contributed by atoms with van der Waals surface area (Å²) < 4.78 is 33.9. The van der Waals surface area contributed by atoms with E-state index in [4.69, 9.17) is 8.92 Å². The van der Waals surface area contributed by atoms with E-state index in [1.807, 2.05) is 0 Å². The molecule has 2 aromatic carbocycles. The molecule has 0 saturated heterocycles. The minimum absolute atomic E-state index is 0.197. The van der Waals surface area contributed by atoms with E-state index in [1.165, 1.54) is 0 Å². The Morgan fingerprint density at radius 3 is 1.24 bits per heavy atom. The van der Waals surface area contributed by atoms with Gasteiger partial charge < -0.3 is 9.84 Å². The highest BCUT2D eigenvalue weighted by atomic mass is 32.2. The lowest BCUT2D eigenvalue weighted by Gasteiger charge is -2.32. The standard InChI is InChI=1S/C33H52O5S3/c1-29(2,3)23-16-21(17-24(27(23)34)30(4,5)6)39-33(13,14)40-22-18-25(31(7,8)9)28(26(19-22)32(10,11)12)37-20-38-41(15,35)36/h16-19,34H,20H2,1-15H3. The summed E-state index contributed by atoms with van der Waals surface area (Å²) in [5.74, 6) is 1.06. The van der Waals surface area contributed by atoms with E-state index in [0.29, 0.717) is 11.5 Å². The first-order chi connectivity index (χ1) is 18.1. The molecule has 0 aromatic heterocycles. The second-order valence-electron chi connectivity index (χ2n) is 15.4. The molecule has 0 aliphatic carbocycles.